The van der Waals surface area contributed by atoms with E-state index in [1.54, 1.807) is 0 Å². The minimum atomic E-state index is 0. The second-order valence-electron chi connectivity index (χ2n) is 6.78. The number of nitrogens with one attached hydrogen (secondary N) is 1. The molecule has 4 aliphatic rings. The summed E-state index contributed by atoms with van der Waals surface area (Å²) in [4.78, 5) is 17.6. The highest BCUT2D eigenvalue weighted by molar-refractivity contribution is 5.96. The fourth-order valence-corrected chi connectivity index (χ4v) is 4.14. The summed E-state index contributed by atoms with van der Waals surface area (Å²) in [5.74, 6) is 0.887. The number of fused-ring (bicyclic) bond motifs is 7. The van der Waals surface area contributed by atoms with Crippen molar-refractivity contribution in [1.29, 1.82) is 0 Å². The van der Waals surface area contributed by atoms with Crippen molar-refractivity contribution in [2.75, 3.05) is 26.2 Å². The normalized spacial score (nSPS) is 23.8. The molecule has 0 saturated carbocycles. The molecule has 6 nitrogen and oxygen atoms in total. The Kier molecular flexibility index (Phi) is 4.17. The molecule has 0 radical (unpaired) electrons. The summed E-state index contributed by atoms with van der Waals surface area (Å²) in [6.45, 7) is 4.36. The molecule has 25 heavy (non-hydrogen) atoms. The van der Waals surface area contributed by atoms with Crippen molar-refractivity contribution in [3.8, 4) is 17.0 Å². The van der Waals surface area contributed by atoms with Crippen LogP contribution in [-0.4, -0.2) is 58.1 Å². The molecule has 132 valence electrons. The van der Waals surface area contributed by atoms with Crippen LogP contribution in [0.15, 0.2) is 24.3 Å². The molecule has 6 rings (SSSR count). The molecule has 2 bridgehead atoms. The number of amides is 1. The number of rotatable bonds is 1. The fourth-order valence-electron chi connectivity index (χ4n) is 4.14. The van der Waals surface area contributed by atoms with Crippen LogP contribution in [0.4, 0.5) is 0 Å². The van der Waals surface area contributed by atoms with E-state index < -0.39 is 0 Å². The summed E-state index contributed by atoms with van der Waals surface area (Å²) < 4.78 is 5.83. The number of carbonyl (C=O) groups excluding carboxylic acids is 1. The van der Waals surface area contributed by atoms with Gasteiger partial charge in [0, 0.05) is 43.3 Å². The molecule has 0 atom stereocenters. The molecule has 1 amide bonds. The van der Waals surface area contributed by atoms with E-state index in [-0.39, 0.29) is 18.3 Å². The molecule has 3 fully saturated rings. The van der Waals surface area contributed by atoms with Crippen LogP contribution in [-0.2, 0) is 6.61 Å². The predicted octanol–water partition coefficient (Wildman–Crippen LogP) is 2.31. The third-order valence-electron chi connectivity index (χ3n) is 5.51. The van der Waals surface area contributed by atoms with Crippen LogP contribution in [0, 0.1) is 0 Å². The molecular formula is C18H21ClN4O2. The fraction of sp³-hybridized carbons (Fsp3) is 0.444. The van der Waals surface area contributed by atoms with E-state index in [0.29, 0.717) is 18.3 Å². The summed E-state index contributed by atoms with van der Waals surface area (Å²) in [5, 5.41) is 7.45. The first-order chi connectivity index (χ1) is 11.8. The lowest BCUT2D eigenvalue weighted by atomic mass is 10.0. The topological polar surface area (TPSA) is 61.5 Å². The van der Waals surface area contributed by atoms with Crippen LogP contribution in [0.1, 0.15) is 28.9 Å². The summed E-state index contributed by atoms with van der Waals surface area (Å²) >= 11 is 0. The van der Waals surface area contributed by atoms with Gasteiger partial charge in [0.15, 0.2) is 5.69 Å². The first kappa shape index (κ1) is 16.4. The maximum atomic E-state index is 13.2. The second-order valence-corrected chi connectivity index (χ2v) is 6.78. The van der Waals surface area contributed by atoms with E-state index in [9.17, 15) is 4.79 Å². The molecule has 2 aromatic rings. The smallest absolute Gasteiger partial charge is 0.275 e. The number of piperidine rings is 1. The molecule has 0 spiro atoms. The van der Waals surface area contributed by atoms with Crippen molar-refractivity contribution in [1.82, 2.24) is 20.0 Å². The van der Waals surface area contributed by atoms with Crippen molar-refractivity contribution in [2.45, 2.75) is 25.5 Å². The minimum Gasteiger partial charge on any atom is -0.488 e. The molecule has 1 aromatic carbocycles. The van der Waals surface area contributed by atoms with Gasteiger partial charge in [-0.1, -0.05) is 12.1 Å². The predicted molar refractivity (Wildman–Crippen MR) is 96.1 cm³/mol. The van der Waals surface area contributed by atoms with Crippen LogP contribution in [0.2, 0.25) is 0 Å². The van der Waals surface area contributed by atoms with Gasteiger partial charge >= 0.3 is 0 Å². The number of para-hydroxylation sites is 1. The Labute approximate surface area is 152 Å². The molecule has 0 unspecified atom stereocenters. The van der Waals surface area contributed by atoms with Crippen LogP contribution < -0.4 is 4.74 Å². The van der Waals surface area contributed by atoms with E-state index in [1.807, 2.05) is 29.2 Å². The van der Waals surface area contributed by atoms with Gasteiger partial charge in [0.2, 0.25) is 0 Å². The van der Waals surface area contributed by atoms with Crippen LogP contribution in [0.5, 0.6) is 5.75 Å². The average molecular weight is 361 g/mol. The molecule has 1 N–H and O–H groups in total. The first-order valence-corrected chi connectivity index (χ1v) is 8.64. The van der Waals surface area contributed by atoms with Gasteiger partial charge in [0.25, 0.3) is 5.91 Å². The number of aromatic nitrogens is 2. The highest BCUT2D eigenvalue weighted by atomic mass is 35.5. The summed E-state index contributed by atoms with van der Waals surface area (Å²) in [6, 6.07) is 8.22. The number of H-pyrrole nitrogens is 1. The van der Waals surface area contributed by atoms with E-state index in [1.165, 1.54) is 0 Å². The zero-order valence-corrected chi connectivity index (χ0v) is 14.7. The molecule has 4 aliphatic heterocycles. The Morgan fingerprint density at radius 2 is 1.96 bits per heavy atom. The highest BCUT2D eigenvalue weighted by Crippen LogP contribution is 2.37. The summed E-state index contributed by atoms with van der Waals surface area (Å²) in [7, 11) is 0. The van der Waals surface area contributed by atoms with Gasteiger partial charge in [-0.15, -0.1) is 12.4 Å². The monoisotopic (exact) mass is 360 g/mol. The van der Waals surface area contributed by atoms with E-state index in [4.69, 9.17) is 4.74 Å². The SMILES string of the molecule is Cl.O=C(c1n[nH]c2c1COc1ccccc1-2)N1CCN2CCC1CC2. The number of nitrogens with zero attached hydrogens (tertiary/aromatic N) is 3. The lowest BCUT2D eigenvalue weighted by Crippen LogP contribution is -2.42. The Hall–Kier alpha value is -2.05. The lowest BCUT2D eigenvalue weighted by molar-refractivity contribution is 0.0676. The quantitative estimate of drug-likeness (QED) is 0.847. The standard InChI is InChI=1S/C18H20N4O2.ClH/c23-18(22-10-9-21-7-5-12(22)6-8-21)17-14-11-24-15-4-2-1-3-13(15)16(14)19-20-17;/h1-4,12H,5-11H2,(H,19,20);1H. The molecule has 0 aliphatic carbocycles. The van der Waals surface area contributed by atoms with Gasteiger partial charge in [-0.2, -0.15) is 5.10 Å². The molecule has 3 saturated heterocycles. The van der Waals surface area contributed by atoms with Crippen LogP contribution in [0.25, 0.3) is 11.3 Å². The minimum absolute atomic E-state index is 0. The molecule has 7 heteroatoms. The highest BCUT2D eigenvalue weighted by Gasteiger charge is 2.35. The number of halogens is 1. The largest absolute Gasteiger partial charge is 0.488 e. The Balaban J connectivity index is 0.00000157. The van der Waals surface area contributed by atoms with E-state index in [2.05, 4.69) is 15.1 Å². The third-order valence-corrected chi connectivity index (χ3v) is 5.51. The van der Waals surface area contributed by atoms with Crippen molar-refractivity contribution in [3.05, 3.63) is 35.5 Å². The van der Waals surface area contributed by atoms with Gasteiger partial charge in [-0.25, -0.2) is 0 Å². The Bertz CT molecular complexity index is 798. The number of hydrogen-bond donors (Lipinski definition) is 1. The van der Waals surface area contributed by atoms with Gasteiger partial charge < -0.3 is 14.5 Å². The zero-order valence-electron chi connectivity index (χ0n) is 13.9. The summed E-state index contributed by atoms with van der Waals surface area (Å²) in [6.07, 6.45) is 2.13. The molecular weight excluding hydrogens is 340 g/mol. The lowest BCUT2D eigenvalue weighted by Gasteiger charge is -2.31. The van der Waals surface area contributed by atoms with Crippen molar-refractivity contribution in [3.63, 3.8) is 0 Å². The van der Waals surface area contributed by atoms with Gasteiger partial charge in [-0.3, -0.25) is 9.89 Å². The van der Waals surface area contributed by atoms with Crippen molar-refractivity contribution < 1.29 is 9.53 Å². The van der Waals surface area contributed by atoms with E-state index >= 15 is 0 Å². The number of aromatic amines is 1. The second kappa shape index (κ2) is 6.35. The third kappa shape index (κ3) is 2.60. The van der Waals surface area contributed by atoms with Crippen LogP contribution >= 0.6 is 12.4 Å². The van der Waals surface area contributed by atoms with Gasteiger partial charge in [0.05, 0.1) is 5.69 Å². The first-order valence-electron chi connectivity index (χ1n) is 8.64. The Morgan fingerprint density at radius 1 is 1.16 bits per heavy atom. The number of carbonyl (C=O) groups is 1. The zero-order chi connectivity index (χ0) is 16.1. The van der Waals surface area contributed by atoms with Crippen molar-refractivity contribution >= 4 is 18.3 Å². The van der Waals surface area contributed by atoms with Gasteiger partial charge in [-0.05, 0) is 25.0 Å². The van der Waals surface area contributed by atoms with Crippen molar-refractivity contribution in [2.24, 2.45) is 0 Å². The van der Waals surface area contributed by atoms with Gasteiger partial charge in [0.1, 0.15) is 12.4 Å². The van der Waals surface area contributed by atoms with E-state index in [0.717, 1.165) is 61.6 Å². The maximum absolute atomic E-state index is 13.2. The number of hydrogen-bond acceptors (Lipinski definition) is 4. The number of ether oxygens (including phenoxy) is 1. The maximum Gasteiger partial charge on any atom is 0.275 e. The Morgan fingerprint density at radius 3 is 2.80 bits per heavy atom. The summed E-state index contributed by atoms with van der Waals surface area (Å²) in [5.41, 5.74) is 3.31. The molecule has 1 aromatic heterocycles. The number of benzene rings is 1. The average Bonchev–Trinajstić information content (AvgIpc) is 2.84. The van der Waals surface area contributed by atoms with Crippen LogP contribution in [0.3, 0.4) is 0 Å². The molecule has 5 heterocycles.